The topological polar surface area (TPSA) is 70.0 Å². The Morgan fingerprint density at radius 2 is 2.08 bits per heavy atom. The molecule has 1 N–H and O–H groups in total. The molecule has 0 saturated heterocycles. The summed E-state index contributed by atoms with van der Waals surface area (Å²) in [5.74, 6) is 0. The zero-order valence-corrected chi connectivity index (χ0v) is 8.69. The van der Waals surface area contributed by atoms with Crippen LogP contribution in [0.2, 0.25) is 0 Å². The monoisotopic (exact) mass is 202 g/mol. The van der Waals surface area contributed by atoms with Gasteiger partial charge in [0, 0.05) is 6.54 Å². The van der Waals surface area contributed by atoms with Gasteiger partial charge < -0.3 is 0 Å². The third-order valence-corrected chi connectivity index (χ3v) is 4.11. The second-order valence-electron chi connectivity index (χ2n) is 3.81. The molecule has 13 heavy (non-hydrogen) atoms. The van der Waals surface area contributed by atoms with E-state index in [-0.39, 0.29) is 6.54 Å². The summed E-state index contributed by atoms with van der Waals surface area (Å²) in [5, 5.41) is 8.28. The molecule has 1 saturated carbocycles. The number of sulfonamides is 1. The molecule has 0 heterocycles. The highest BCUT2D eigenvalue weighted by Crippen LogP contribution is 2.44. The van der Waals surface area contributed by atoms with Crippen molar-refractivity contribution in [3.05, 3.63) is 0 Å². The van der Waals surface area contributed by atoms with Crippen LogP contribution in [-0.2, 0) is 10.0 Å². The van der Waals surface area contributed by atoms with Gasteiger partial charge in [0.1, 0.15) is 0 Å². The van der Waals surface area contributed by atoms with Crippen molar-refractivity contribution in [3.8, 4) is 6.07 Å². The Balaban J connectivity index is 2.49. The summed E-state index contributed by atoms with van der Waals surface area (Å²) in [5.41, 5.74) is -0.401. The smallest absolute Gasteiger partial charge is 0.213 e. The molecule has 0 bridgehead atoms. The van der Waals surface area contributed by atoms with E-state index in [1.807, 2.05) is 0 Å². The van der Waals surface area contributed by atoms with E-state index < -0.39 is 20.7 Å². The standard InChI is InChI=1S/C8H14N2O2S/c1-7(2)13(11,12)10-6-8(5-9)3-4-8/h7,10H,3-4,6H2,1-2H3. The Bertz CT molecular complexity index is 323. The number of hydrogen-bond acceptors (Lipinski definition) is 3. The van der Waals surface area contributed by atoms with Crippen LogP contribution in [0.4, 0.5) is 0 Å². The van der Waals surface area contributed by atoms with Gasteiger partial charge in [0.25, 0.3) is 0 Å². The van der Waals surface area contributed by atoms with Crippen molar-refractivity contribution in [1.29, 1.82) is 5.26 Å². The lowest BCUT2D eigenvalue weighted by molar-refractivity contribution is 0.554. The van der Waals surface area contributed by atoms with E-state index in [0.717, 1.165) is 12.8 Å². The number of nitrogens with one attached hydrogen (secondary N) is 1. The largest absolute Gasteiger partial charge is 0.213 e. The molecule has 0 radical (unpaired) electrons. The molecule has 0 spiro atoms. The minimum absolute atomic E-state index is 0.268. The van der Waals surface area contributed by atoms with Crippen molar-refractivity contribution in [1.82, 2.24) is 4.72 Å². The zero-order valence-electron chi connectivity index (χ0n) is 7.87. The summed E-state index contributed by atoms with van der Waals surface area (Å²) in [6, 6.07) is 2.14. The Morgan fingerprint density at radius 1 is 1.54 bits per heavy atom. The molecule has 0 aliphatic heterocycles. The first-order valence-electron chi connectivity index (χ1n) is 4.32. The second kappa shape index (κ2) is 3.28. The quantitative estimate of drug-likeness (QED) is 0.726. The van der Waals surface area contributed by atoms with Crippen LogP contribution in [0.25, 0.3) is 0 Å². The van der Waals surface area contributed by atoms with E-state index >= 15 is 0 Å². The molecular weight excluding hydrogens is 188 g/mol. The van der Waals surface area contributed by atoms with Crippen molar-refractivity contribution >= 4 is 10.0 Å². The van der Waals surface area contributed by atoms with Gasteiger partial charge in [-0.3, -0.25) is 0 Å². The fourth-order valence-electron chi connectivity index (χ4n) is 0.884. The highest BCUT2D eigenvalue weighted by molar-refractivity contribution is 7.90. The predicted octanol–water partition coefficient (Wildman–Crippen LogP) is 0.618. The van der Waals surface area contributed by atoms with Crippen LogP contribution >= 0.6 is 0 Å². The lowest BCUT2D eigenvalue weighted by atomic mass is 10.1. The van der Waals surface area contributed by atoms with Crippen molar-refractivity contribution in [2.75, 3.05) is 6.54 Å². The van der Waals surface area contributed by atoms with Crippen molar-refractivity contribution < 1.29 is 8.42 Å². The second-order valence-corrected chi connectivity index (χ2v) is 6.13. The van der Waals surface area contributed by atoms with Crippen LogP contribution in [0.1, 0.15) is 26.7 Å². The Kier molecular flexibility index (Phi) is 2.64. The normalized spacial score (nSPS) is 19.8. The summed E-state index contributed by atoms with van der Waals surface area (Å²) in [4.78, 5) is 0. The first-order valence-corrected chi connectivity index (χ1v) is 5.86. The molecule has 74 valence electrons. The van der Waals surface area contributed by atoms with Gasteiger partial charge >= 0.3 is 0 Å². The summed E-state index contributed by atoms with van der Waals surface area (Å²) < 4.78 is 25.1. The van der Waals surface area contributed by atoms with Gasteiger partial charge in [-0.25, -0.2) is 13.1 Å². The van der Waals surface area contributed by atoms with Crippen LogP contribution in [-0.4, -0.2) is 20.2 Å². The van der Waals surface area contributed by atoms with Gasteiger partial charge in [-0.1, -0.05) is 0 Å². The maximum atomic E-state index is 11.3. The molecule has 0 amide bonds. The lowest BCUT2D eigenvalue weighted by Crippen LogP contribution is -2.34. The maximum absolute atomic E-state index is 11.3. The average molecular weight is 202 g/mol. The molecule has 0 aromatic rings. The fourth-order valence-corrected chi connectivity index (χ4v) is 1.70. The van der Waals surface area contributed by atoms with E-state index in [9.17, 15) is 8.42 Å². The van der Waals surface area contributed by atoms with Gasteiger partial charge in [0.05, 0.1) is 16.7 Å². The number of rotatable bonds is 4. The molecule has 0 aromatic heterocycles. The Morgan fingerprint density at radius 3 is 2.38 bits per heavy atom. The van der Waals surface area contributed by atoms with Crippen LogP contribution in [0.3, 0.4) is 0 Å². The first-order chi connectivity index (χ1) is 5.92. The maximum Gasteiger partial charge on any atom is 0.213 e. The average Bonchev–Trinajstić information content (AvgIpc) is 2.81. The van der Waals surface area contributed by atoms with Crippen LogP contribution in [0, 0.1) is 16.7 Å². The van der Waals surface area contributed by atoms with Crippen LogP contribution in [0.15, 0.2) is 0 Å². The van der Waals surface area contributed by atoms with Gasteiger partial charge in [-0.15, -0.1) is 0 Å². The van der Waals surface area contributed by atoms with Crippen molar-refractivity contribution in [3.63, 3.8) is 0 Å². The van der Waals surface area contributed by atoms with Gasteiger partial charge in [0.15, 0.2) is 0 Å². The first kappa shape index (κ1) is 10.5. The number of nitriles is 1. The summed E-state index contributed by atoms with van der Waals surface area (Å²) >= 11 is 0. The summed E-state index contributed by atoms with van der Waals surface area (Å²) in [7, 11) is -3.20. The van der Waals surface area contributed by atoms with E-state index in [4.69, 9.17) is 5.26 Å². The molecule has 1 aliphatic rings. The minimum Gasteiger partial charge on any atom is -0.213 e. The number of nitrogens with zero attached hydrogens (tertiary/aromatic N) is 1. The van der Waals surface area contributed by atoms with Crippen molar-refractivity contribution in [2.24, 2.45) is 5.41 Å². The third-order valence-electron chi connectivity index (χ3n) is 2.32. The fraction of sp³-hybridized carbons (Fsp3) is 0.875. The molecule has 0 aromatic carbocycles. The van der Waals surface area contributed by atoms with Gasteiger partial charge in [-0.05, 0) is 26.7 Å². The van der Waals surface area contributed by atoms with Gasteiger partial charge in [-0.2, -0.15) is 5.26 Å². The highest BCUT2D eigenvalue weighted by Gasteiger charge is 2.43. The molecule has 1 aliphatic carbocycles. The third kappa shape index (κ3) is 2.42. The van der Waals surface area contributed by atoms with E-state index in [2.05, 4.69) is 10.8 Å². The molecule has 0 unspecified atom stereocenters. The van der Waals surface area contributed by atoms with Gasteiger partial charge in [0.2, 0.25) is 10.0 Å². The number of hydrogen-bond donors (Lipinski definition) is 1. The Labute approximate surface area is 79.0 Å². The molecule has 1 rings (SSSR count). The summed E-state index contributed by atoms with van der Waals surface area (Å²) in [6.45, 7) is 3.51. The Hall–Kier alpha value is -0.600. The predicted molar refractivity (Wildman–Crippen MR) is 49.3 cm³/mol. The van der Waals surface area contributed by atoms with E-state index in [0.29, 0.717) is 0 Å². The van der Waals surface area contributed by atoms with Crippen LogP contribution in [0.5, 0.6) is 0 Å². The highest BCUT2D eigenvalue weighted by atomic mass is 32.2. The summed E-state index contributed by atoms with van der Waals surface area (Å²) in [6.07, 6.45) is 1.62. The minimum atomic E-state index is -3.20. The van der Waals surface area contributed by atoms with Crippen LogP contribution < -0.4 is 4.72 Å². The van der Waals surface area contributed by atoms with E-state index in [1.54, 1.807) is 13.8 Å². The SMILES string of the molecule is CC(C)S(=O)(=O)NCC1(C#N)CC1. The lowest BCUT2D eigenvalue weighted by Gasteiger charge is -2.11. The zero-order chi connectivity index (χ0) is 10.1. The molecule has 0 atom stereocenters. The molecule has 1 fully saturated rings. The molecule has 4 nitrogen and oxygen atoms in total. The molecular formula is C8H14N2O2S. The van der Waals surface area contributed by atoms with Crippen molar-refractivity contribution in [2.45, 2.75) is 31.9 Å². The molecule has 5 heteroatoms. The van der Waals surface area contributed by atoms with E-state index in [1.165, 1.54) is 0 Å².